The van der Waals surface area contributed by atoms with Crippen LogP contribution in [0.2, 0.25) is 0 Å². The van der Waals surface area contributed by atoms with E-state index in [0.717, 1.165) is 18.3 Å². The van der Waals surface area contributed by atoms with Gasteiger partial charge in [-0.1, -0.05) is 20.8 Å². The monoisotopic (exact) mass is 216 g/mol. The highest BCUT2D eigenvalue weighted by molar-refractivity contribution is 5.79. The molecule has 0 bridgehead atoms. The van der Waals surface area contributed by atoms with Crippen molar-refractivity contribution in [2.45, 2.75) is 33.6 Å². The molecular formula is C14H20N2. The minimum Gasteiger partial charge on any atom is -0.358 e. The second kappa shape index (κ2) is 4.69. The molecule has 0 saturated heterocycles. The molecule has 0 amide bonds. The average molecular weight is 216 g/mol. The van der Waals surface area contributed by atoms with Gasteiger partial charge in [0.25, 0.3) is 0 Å². The largest absolute Gasteiger partial charge is 0.358 e. The van der Waals surface area contributed by atoms with Crippen molar-refractivity contribution in [3.8, 4) is 0 Å². The SMILES string of the molecule is CC(C)CC(C)Cc1cc2cnccc2[nH]1. The fourth-order valence-corrected chi connectivity index (χ4v) is 2.41. The van der Waals surface area contributed by atoms with E-state index in [2.05, 4.69) is 36.8 Å². The number of fused-ring (bicyclic) bond motifs is 1. The van der Waals surface area contributed by atoms with Gasteiger partial charge < -0.3 is 4.98 Å². The third-order valence-electron chi connectivity index (χ3n) is 2.92. The maximum absolute atomic E-state index is 4.13. The summed E-state index contributed by atoms with van der Waals surface area (Å²) in [4.78, 5) is 7.59. The van der Waals surface area contributed by atoms with Gasteiger partial charge in [-0.05, 0) is 36.8 Å². The third kappa shape index (κ3) is 2.63. The molecule has 0 aromatic carbocycles. The summed E-state index contributed by atoms with van der Waals surface area (Å²) in [5.74, 6) is 1.52. The molecule has 0 fully saturated rings. The van der Waals surface area contributed by atoms with Crippen molar-refractivity contribution in [1.29, 1.82) is 0 Å². The summed E-state index contributed by atoms with van der Waals surface area (Å²) >= 11 is 0. The minimum atomic E-state index is 0.737. The van der Waals surface area contributed by atoms with Gasteiger partial charge in [-0.25, -0.2) is 0 Å². The van der Waals surface area contributed by atoms with Gasteiger partial charge in [0, 0.05) is 29.0 Å². The molecule has 0 spiro atoms. The zero-order valence-corrected chi connectivity index (χ0v) is 10.3. The Bertz CT molecular complexity index is 423. The van der Waals surface area contributed by atoms with Crippen molar-refractivity contribution in [2.75, 3.05) is 0 Å². The van der Waals surface area contributed by atoms with Crippen LogP contribution in [0.5, 0.6) is 0 Å². The third-order valence-corrected chi connectivity index (χ3v) is 2.92. The molecule has 2 rings (SSSR count). The number of aromatic nitrogens is 2. The highest BCUT2D eigenvalue weighted by Gasteiger charge is 2.08. The molecule has 1 unspecified atom stereocenters. The molecule has 0 aliphatic heterocycles. The molecule has 0 radical (unpaired) electrons. The van der Waals surface area contributed by atoms with Crippen molar-refractivity contribution >= 4 is 10.9 Å². The number of H-pyrrole nitrogens is 1. The predicted octanol–water partition coefficient (Wildman–Crippen LogP) is 3.79. The number of pyridine rings is 1. The molecule has 86 valence electrons. The zero-order valence-electron chi connectivity index (χ0n) is 10.3. The molecule has 2 heteroatoms. The number of aromatic amines is 1. The lowest BCUT2D eigenvalue weighted by atomic mass is 9.95. The van der Waals surface area contributed by atoms with Crippen LogP contribution in [0.3, 0.4) is 0 Å². The summed E-state index contributed by atoms with van der Waals surface area (Å²) in [5.41, 5.74) is 2.53. The number of rotatable bonds is 4. The smallest absolute Gasteiger partial charge is 0.0487 e. The van der Waals surface area contributed by atoms with Crippen LogP contribution in [0.1, 0.15) is 32.9 Å². The fraction of sp³-hybridized carbons (Fsp3) is 0.500. The summed E-state index contributed by atoms with van der Waals surface area (Å²) < 4.78 is 0. The molecular weight excluding hydrogens is 196 g/mol. The number of nitrogens with one attached hydrogen (secondary N) is 1. The Kier molecular flexibility index (Phi) is 3.28. The topological polar surface area (TPSA) is 28.7 Å². The molecule has 2 aromatic rings. The van der Waals surface area contributed by atoms with E-state index in [9.17, 15) is 0 Å². The van der Waals surface area contributed by atoms with Crippen molar-refractivity contribution < 1.29 is 0 Å². The van der Waals surface area contributed by atoms with E-state index in [0.29, 0.717) is 0 Å². The Morgan fingerprint density at radius 3 is 2.81 bits per heavy atom. The van der Waals surface area contributed by atoms with Gasteiger partial charge in [-0.15, -0.1) is 0 Å². The second-order valence-corrected chi connectivity index (χ2v) is 5.20. The van der Waals surface area contributed by atoms with Crippen LogP contribution in [-0.4, -0.2) is 9.97 Å². The van der Waals surface area contributed by atoms with E-state index < -0.39 is 0 Å². The maximum Gasteiger partial charge on any atom is 0.0487 e. The Labute approximate surface area is 97.1 Å². The quantitative estimate of drug-likeness (QED) is 0.827. The van der Waals surface area contributed by atoms with E-state index in [1.165, 1.54) is 23.0 Å². The molecule has 2 aromatic heterocycles. The van der Waals surface area contributed by atoms with E-state index >= 15 is 0 Å². The second-order valence-electron chi connectivity index (χ2n) is 5.20. The van der Waals surface area contributed by atoms with Crippen LogP contribution in [0.15, 0.2) is 24.5 Å². The lowest BCUT2D eigenvalue weighted by Crippen LogP contribution is -2.03. The molecule has 1 N–H and O–H groups in total. The van der Waals surface area contributed by atoms with Gasteiger partial charge in [-0.3, -0.25) is 4.98 Å². The van der Waals surface area contributed by atoms with Crippen molar-refractivity contribution in [3.05, 3.63) is 30.2 Å². The molecule has 0 saturated carbocycles. The van der Waals surface area contributed by atoms with Crippen molar-refractivity contribution in [3.63, 3.8) is 0 Å². The molecule has 1 atom stereocenters. The highest BCUT2D eigenvalue weighted by atomic mass is 14.7. The van der Waals surface area contributed by atoms with Gasteiger partial charge in [0.1, 0.15) is 0 Å². The van der Waals surface area contributed by atoms with Gasteiger partial charge in [0.15, 0.2) is 0 Å². The van der Waals surface area contributed by atoms with Gasteiger partial charge >= 0.3 is 0 Å². The molecule has 16 heavy (non-hydrogen) atoms. The number of nitrogens with zero attached hydrogens (tertiary/aromatic N) is 1. The summed E-state index contributed by atoms with van der Waals surface area (Å²) in [7, 11) is 0. The van der Waals surface area contributed by atoms with E-state index in [1.54, 1.807) is 0 Å². The van der Waals surface area contributed by atoms with E-state index in [4.69, 9.17) is 0 Å². The van der Waals surface area contributed by atoms with Gasteiger partial charge in [0.05, 0.1) is 0 Å². The molecule has 0 aliphatic rings. The Balaban J connectivity index is 2.09. The first-order valence-electron chi connectivity index (χ1n) is 6.06. The predicted molar refractivity (Wildman–Crippen MR) is 68.4 cm³/mol. The molecule has 2 nitrogen and oxygen atoms in total. The van der Waals surface area contributed by atoms with Gasteiger partial charge in [0.2, 0.25) is 0 Å². The van der Waals surface area contributed by atoms with E-state index in [-0.39, 0.29) is 0 Å². The normalized spacial score (nSPS) is 13.5. The van der Waals surface area contributed by atoms with Crippen LogP contribution < -0.4 is 0 Å². The first kappa shape index (κ1) is 11.2. The summed E-state index contributed by atoms with van der Waals surface area (Å²) in [6, 6.07) is 4.26. The highest BCUT2D eigenvalue weighted by Crippen LogP contribution is 2.19. The Morgan fingerprint density at radius 1 is 1.31 bits per heavy atom. The van der Waals surface area contributed by atoms with Crippen LogP contribution in [0.4, 0.5) is 0 Å². The lowest BCUT2D eigenvalue weighted by molar-refractivity contribution is 0.435. The summed E-state index contributed by atoms with van der Waals surface area (Å²) in [6.07, 6.45) is 6.17. The zero-order chi connectivity index (χ0) is 11.5. The van der Waals surface area contributed by atoms with Crippen molar-refractivity contribution in [2.24, 2.45) is 11.8 Å². The summed E-state index contributed by atoms with van der Waals surface area (Å²) in [5, 5.41) is 1.22. The standard InChI is InChI=1S/C14H20N2/c1-10(2)6-11(3)7-13-8-12-9-15-5-4-14(12)16-13/h4-5,8-11,16H,6-7H2,1-3H3. The van der Waals surface area contributed by atoms with Gasteiger partial charge in [-0.2, -0.15) is 0 Å². The van der Waals surface area contributed by atoms with Crippen LogP contribution in [0.25, 0.3) is 10.9 Å². The van der Waals surface area contributed by atoms with Crippen LogP contribution >= 0.6 is 0 Å². The van der Waals surface area contributed by atoms with Crippen LogP contribution in [0, 0.1) is 11.8 Å². The Hall–Kier alpha value is -1.31. The minimum absolute atomic E-state index is 0.737. The lowest BCUT2D eigenvalue weighted by Gasteiger charge is -2.12. The fourth-order valence-electron chi connectivity index (χ4n) is 2.41. The molecule has 2 heterocycles. The number of hydrogen-bond acceptors (Lipinski definition) is 1. The number of hydrogen-bond donors (Lipinski definition) is 1. The molecule has 0 aliphatic carbocycles. The first-order valence-corrected chi connectivity index (χ1v) is 6.06. The summed E-state index contributed by atoms with van der Waals surface area (Å²) in [6.45, 7) is 6.89. The van der Waals surface area contributed by atoms with Crippen LogP contribution in [-0.2, 0) is 6.42 Å². The Morgan fingerprint density at radius 2 is 2.12 bits per heavy atom. The maximum atomic E-state index is 4.13. The first-order chi connectivity index (χ1) is 7.65. The van der Waals surface area contributed by atoms with Crippen molar-refractivity contribution in [1.82, 2.24) is 9.97 Å². The average Bonchev–Trinajstić information content (AvgIpc) is 2.57. The van der Waals surface area contributed by atoms with E-state index in [1.807, 2.05) is 18.5 Å².